The van der Waals surface area contributed by atoms with E-state index in [9.17, 15) is 4.79 Å². The Balaban J connectivity index is 3.21. The molecule has 1 unspecified atom stereocenters. The molecule has 2 N–H and O–H groups in total. The van der Waals surface area contributed by atoms with Gasteiger partial charge in [-0.2, -0.15) is 0 Å². The van der Waals surface area contributed by atoms with Crippen LogP contribution in [0.4, 0.5) is 4.79 Å². The zero-order chi connectivity index (χ0) is 7.98. The number of ether oxygens (including phenoxy) is 2. The van der Waals surface area contributed by atoms with Gasteiger partial charge in [0.15, 0.2) is 0 Å². The summed E-state index contributed by atoms with van der Waals surface area (Å²) in [7, 11) is 0. The van der Waals surface area contributed by atoms with Crippen molar-refractivity contribution >= 4 is 6.09 Å². The van der Waals surface area contributed by atoms with E-state index in [1.807, 2.05) is 13.8 Å². The fourth-order valence-electron chi connectivity index (χ4n) is 0.532. The number of carbonyl (C=O) groups excluding carboxylic acids is 1. The zero-order valence-corrected chi connectivity index (χ0v) is 6.29. The highest BCUT2D eigenvalue weighted by molar-refractivity contribution is 5.64. The van der Waals surface area contributed by atoms with E-state index in [4.69, 9.17) is 10.5 Å². The average Bonchev–Trinajstić information content (AvgIpc) is 1.85. The van der Waals surface area contributed by atoms with Crippen molar-refractivity contribution in [1.82, 2.24) is 0 Å². The molecule has 4 nitrogen and oxygen atoms in total. The maximum absolute atomic E-state index is 10.1. The van der Waals surface area contributed by atoms with Gasteiger partial charge in [0.05, 0.1) is 6.10 Å². The molecule has 0 fully saturated rings. The van der Waals surface area contributed by atoms with Crippen molar-refractivity contribution in [3.05, 3.63) is 0 Å². The zero-order valence-electron chi connectivity index (χ0n) is 6.29. The minimum atomic E-state index is -0.758. The van der Waals surface area contributed by atoms with Crippen LogP contribution < -0.4 is 5.73 Å². The third-order valence-electron chi connectivity index (χ3n) is 0.911. The maximum Gasteiger partial charge on any atom is 0.404 e. The molecule has 0 radical (unpaired) electrons. The Bertz CT molecular complexity index is 105. The van der Waals surface area contributed by atoms with Gasteiger partial charge in [0.2, 0.25) is 0 Å². The van der Waals surface area contributed by atoms with Crippen molar-refractivity contribution in [3.8, 4) is 0 Å². The van der Waals surface area contributed by atoms with Crippen LogP contribution in [0.3, 0.4) is 0 Å². The fourth-order valence-corrected chi connectivity index (χ4v) is 0.532. The van der Waals surface area contributed by atoms with Crippen molar-refractivity contribution in [2.75, 3.05) is 13.2 Å². The molecule has 10 heavy (non-hydrogen) atoms. The average molecular weight is 147 g/mol. The van der Waals surface area contributed by atoms with Crippen LogP contribution in [0.1, 0.15) is 13.8 Å². The summed E-state index contributed by atoms with van der Waals surface area (Å²) in [4.78, 5) is 10.1. The molecule has 0 aromatic carbocycles. The summed E-state index contributed by atoms with van der Waals surface area (Å²) >= 11 is 0. The van der Waals surface area contributed by atoms with E-state index in [0.29, 0.717) is 6.61 Å². The van der Waals surface area contributed by atoms with E-state index in [0.717, 1.165) is 0 Å². The number of nitrogens with two attached hydrogens (primary N) is 1. The Hall–Kier alpha value is -0.770. The highest BCUT2D eigenvalue weighted by Gasteiger charge is 2.01. The molecule has 1 atom stereocenters. The third kappa shape index (κ3) is 5.37. The Morgan fingerprint density at radius 1 is 1.70 bits per heavy atom. The second-order valence-corrected chi connectivity index (χ2v) is 1.90. The van der Waals surface area contributed by atoms with E-state index < -0.39 is 6.09 Å². The predicted octanol–water partition coefficient (Wildman–Crippen LogP) is 0.507. The first-order valence-corrected chi connectivity index (χ1v) is 3.20. The first-order valence-electron chi connectivity index (χ1n) is 3.20. The van der Waals surface area contributed by atoms with Crippen LogP contribution in [0.5, 0.6) is 0 Å². The Labute approximate surface area is 60.3 Å². The van der Waals surface area contributed by atoms with Crippen LogP contribution in [0, 0.1) is 0 Å². The second-order valence-electron chi connectivity index (χ2n) is 1.90. The minimum absolute atomic E-state index is 0.0718. The van der Waals surface area contributed by atoms with Crippen LogP contribution in [0.2, 0.25) is 0 Å². The van der Waals surface area contributed by atoms with Crippen molar-refractivity contribution in [3.63, 3.8) is 0 Å². The lowest BCUT2D eigenvalue weighted by molar-refractivity contribution is 0.0243. The van der Waals surface area contributed by atoms with E-state index >= 15 is 0 Å². The monoisotopic (exact) mass is 147 g/mol. The molecule has 0 heterocycles. The number of primary amides is 1. The van der Waals surface area contributed by atoms with Gasteiger partial charge in [0.25, 0.3) is 0 Å². The molecule has 0 spiro atoms. The number of amides is 1. The molecule has 0 rings (SSSR count). The van der Waals surface area contributed by atoms with Gasteiger partial charge < -0.3 is 15.2 Å². The lowest BCUT2D eigenvalue weighted by atomic mass is 10.4. The standard InChI is InChI=1S/C6H13NO3/c1-3-9-5(2)4-10-6(7)8/h5H,3-4H2,1-2H3,(H2,7,8). The maximum atomic E-state index is 10.1. The minimum Gasteiger partial charge on any atom is -0.447 e. The van der Waals surface area contributed by atoms with Crippen LogP contribution >= 0.6 is 0 Å². The van der Waals surface area contributed by atoms with Gasteiger partial charge in [0, 0.05) is 6.61 Å². The molecule has 0 aromatic heterocycles. The molecule has 0 saturated heterocycles. The molecule has 1 amide bonds. The van der Waals surface area contributed by atoms with Gasteiger partial charge in [-0.25, -0.2) is 4.79 Å². The van der Waals surface area contributed by atoms with Gasteiger partial charge in [-0.3, -0.25) is 0 Å². The van der Waals surface area contributed by atoms with Crippen molar-refractivity contribution in [1.29, 1.82) is 0 Å². The smallest absolute Gasteiger partial charge is 0.404 e. The quantitative estimate of drug-likeness (QED) is 0.630. The predicted molar refractivity (Wildman–Crippen MR) is 36.6 cm³/mol. The summed E-state index contributed by atoms with van der Waals surface area (Å²) in [6.45, 7) is 4.53. The van der Waals surface area contributed by atoms with Crippen LogP contribution in [0.25, 0.3) is 0 Å². The number of hydrogen-bond donors (Lipinski definition) is 1. The molecule has 0 saturated carbocycles. The number of hydrogen-bond acceptors (Lipinski definition) is 3. The van der Waals surface area contributed by atoms with Crippen molar-refractivity contribution in [2.45, 2.75) is 20.0 Å². The molecular weight excluding hydrogens is 134 g/mol. The van der Waals surface area contributed by atoms with Crippen molar-refractivity contribution < 1.29 is 14.3 Å². The second kappa shape index (κ2) is 5.05. The molecule has 60 valence electrons. The molecule has 0 bridgehead atoms. The van der Waals surface area contributed by atoms with E-state index in [2.05, 4.69) is 4.74 Å². The van der Waals surface area contributed by atoms with Gasteiger partial charge in [-0.15, -0.1) is 0 Å². The molecule has 0 aromatic rings. The van der Waals surface area contributed by atoms with Gasteiger partial charge in [-0.05, 0) is 13.8 Å². The largest absolute Gasteiger partial charge is 0.447 e. The third-order valence-corrected chi connectivity index (χ3v) is 0.911. The highest BCUT2D eigenvalue weighted by Crippen LogP contribution is 1.90. The first kappa shape index (κ1) is 9.23. The number of rotatable bonds is 4. The lowest BCUT2D eigenvalue weighted by Gasteiger charge is -2.09. The normalized spacial score (nSPS) is 12.6. The fraction of sp³-hybridized carbons (Fsp3) is 0.833. The molecular formula is C6H13NO3. The van der Waals surface area contributed by atoms with Gasteiger partial charge in [0.1, 0.15) is 6.61 Å². The SMILES string of the molecule is CCOC(C)COC(N)=O. The molecule has 4 heteroatoms. The van der Waals surface area contributed by atoms with E-state index in [1.54, 1.807) is 0 Å². The van der Waals surface area contributed by atoms with Gasteiger partial charge >= 0.3 is 6.09 Å². The van der Waals surface area contributed by atoms with Crippen LogP contribution in [-0.2, 0) is 9.47 Å². The van der Waals surface area contributed by atoms with Crippen LogP contribution in [-0.4, -0.2) is 25.4 Å². The topological polar surface area (TPSA) is 61.6 Å². The molecule has 0 aliphatic carbocycles. The van der Waals surface area contributed by atoms with Gasteiger partial charge in [-0.1, -0.05) is 0 Å². The first-order chi connectivity index (χ1) is 4.66. The summed E-state index contributed by atoms with van der Waals surface area (Å²) in [6.07, 6.45) is -0.830. The number of carbonyl (C=O) groups is 1. The Kier molecular flexibility index (Phi) is 4.66. The summed E-state index contributed by atoms with van der Waals surface area (Å²) in [5.74, 6) is 0. The lowest BCUT2D eigenvalue weighted by Crippen LogP contribution is -2.22. The van der Waals surface area contributed by atoms with E-state index in [1.165, 1.54) is 0 Å². The highest BCUT2D eigenvalue weighted by atomic mass is 16.6. The molecule has 0 aliphatic heterocycles. The Morgan fingerprint density at radius 3 is 2.70 bits per heavy atom. The van der Waals surface area contributed by atoms with Crippen LogP contribution in [0.15, 0.2) is 0 Å². The summed E-state index contributed by atoms with van der Waals surface area (Å²) < 4.78 is 9.53. The summed E-state index contributed by atoms with van der Waals surface area (Å²) in [5, 5.41) is 0. The molecule has 0 aliphatic rings. The van der Waals surface area contributed by atoms with Crippen molar-refractivity contribution in [2.24, 2.45) is 5.73 Å². The van der Waals surface area contributed by atoms with E-state index in [-0.39, 0.29) is 12.7 Å². The summed E-state index contributed by atoms with van der Waals surface area (Å²) in [5.41, 5.74) is 4.72. The Morgan fingerprint density at radius 2 is 2.30 bits per heavy atom. The summed E-state index contributed by atoms with van der Waals surface area (Å²) in [6, 6.07) is 0.